The van der Waals surface area contributed by atoms with Gasteiger partial charge < -0.3 is 34.8 Å². The maximum absolute atomic E-state index is 14.2. The van der Waals surface area contributed by atoms with Crippen LogP contribution < -0.4 is 5.56 Å². The number of halogens is 3. The number of aliphatic hydroxyl groups is 2. The minimum Gasteiger partial charge on any atom is -0.479 e. The summed E-state index contributed by atoms with van der Waals surface area (Å²) in [6.07, 6.45) is -1.68. The normalized spacial score (nSPS) is 12.5. The first kappa shape index (κ1) is 45.4. The van der Waals surface area contributed by atoms with Gasteiger partial charge in [-0.3, -0.25) is 19.3 Å². The van der Waals surface area contributed by atoms with Gasteiger partial charge in [0.25, 0.3) is 5.56 Å². The molecule has 0 bridgehead atoms. The summed E-state index contributed by atoms with van der Waals surface area (Å²) in [5.74, 6) is -3.70. The Kier molecular flexibility index (Phi) is 14.9. The third kappa shape index (κ3) is 11.7. The number of carbonyl (C=O) groups is 3. The van der Waals surface area contributed by atoms with E-state index in [0.717, 1.165) is 41.9 Å². The van der Waals surface area contributed by atoms with Gasteiger partial charge in [0.15, 0.2) is 12.2 Å². The number of benzene rings is 2. The molecule has 0 fully saturated rings. The third-order valence-corrected chi connectivity index (χ3v) is 9.74. The molecule has 0 aliphatic heterocycles. The molecule has 16 nitrogen and oxygen atoms in total. The second-order valence-electron chi connectivity index (χ2n) is 14.0. The highest BCUT2D eigenvalue weighted by atomic mass is 19.4. The van der Waals surface area contributed by atoms with Crippen LogP contribution in [0.25, 0.3) is 28.2 Å². The molecule has 4 heterocycles. The van der Waals surface area contributed by atoms with Crippen LogP contribution in [0.2, 0.25) is 0 Å². The summed E-state index contributed by atoms with van der Waals surface area (Å²) >= 11 is 0. The maximum atomic E-state index is 14.2. The molecule has 6 aromatic rings. The van der Waals surface area contributed by atoms with E-state index in [1.54, 1.807) is 38.8 Å². The summed E-state index contributed by atoms with van der Waals surface area (Å²) in [7, 11) is 1.81. The van der Waals surface area contributed by atoms with Gasteiger partial charge in [-0.1, -0.05) is 62.4 Å². The number of carboxylic acid groups (broad SMARTS) is 2. The van der Waals surface area contributed by atoms with Gasteiger partial charge in [0.2, 0.25) is 5.91 Å². The van der Waals surface area contributed by atoms with Gasteiger partial charge in [0.05, 0.1) is 23.1 Å². The van der Waals surface area contributed by atoms with Crippen LogP contribution in [0.1, 0.15) is 36.1 Å². The highest BCUT2D eigenvalue weighted by molar-refractivity contribution is 5.83. The van der Waals surface area contributed by atoms with E-state index >= 15 is 0 Å². The Morgan fingerprint density at radius 2 is 1.44 bits per heavy atom. The van der Waals surface area contributed by atoms with Crippen LogP contribution in [0.15, 0.2) is 102 Å². The molecule has 0 spiro atoms. The van der Waals surface area contributed by atoms with Gasteiger partial charge in [-0.05, 0) is 42.4 Å². The number of aromatic nitrogens is 6. The Bertz CT molecular complexity index is 2470. The van der Waals surface area contributed by atoms with Crippen molar-refractivity contribution in [2.24, 2.45) is 7.05 Å². The number of hydrogen-bond acceptors (Lipinski definition) is 10. The number of rotatable bonds is 16. The quantitative estimate of drug-likeness (QED) is 0.110. The number of aryl methyl sites for hydroxylation is 1. The van der Waals surface area contributed by atoms with Crippen molar-refractivity contribution in [3.63, 3.8) is 0 Å². The molecular formula is C42H45F3N8O8. The number of carbonyl (C=O) groups excluding carboxylic acids is 1. The van der Waals surface area contributed by atoms with E-state index in [2.05, 4.69) is 33.9 Å². The Balaban J connectivity index is 0.000000626. The summed E-state index contributed by atoms with van der Waals surface area (Å²) < 4.78 is 44.0. The number of amides is 1. The van der Waals surface area contributed by atoms with Crippen LogP contribution in [0, 0.1) is 0 Å². The lowest BCUT2D eigenvalue weighted by Gasteiger charge is -2.27. The zero-order chi connectivity index (χ0) is 44.4. The second kappa shape index (κ2) is 20.0. The lowest BCUT2D eigenvalue weighted by molar-refractivity contribution is -0.165. The topological polar surface area (TPSA) is 209 Å². The number of aliphatic carboxylic acids is 2. The van der Waals surface area contributed by atoms with Gasteiger partial charge in [0, 0.05) is 74.5 Å². The summed E-state index contributed by atoms with van der Waals surface area (Å²) in [4.78, 5) is 56.0. The molecule has 0 saturated heterocycles. The lowest BCUT2D eigenvalue weighted by Crippen LogP contribution is -2.40. The zero-order valence-corrected chi connectivity index (χ0v) is 33.5. The van der Waals surface area contributed by atoms with Gasteiger partial charge in [-0.2, -0.15) is 27.9 Å². The standard InChI is InChI=1S/C38H39F3N8O2.C4H6O6/c1-4-46(5-2)17-18-47(24-27-11-16-33(42-21-27)30-12-14-32(15-13-30)38(39,40)41)36(50)26-48-25-31(19-28-22-43-45(3)23-28)37(51)49-35(48)20-34(44-49)29-9-7-6-8-10-29;5-1(3(7)8)2(6)4(9)10/h6-16,20-23,25H,4-5,17-19,24,26H2,1-3H3;1-2,5-6H,(H,7,8)(H,9,10). The number of nitrogens with zero attached hydrogens (tertiary/aromatic N) is 8. The first-order chi connectivity index (χ1) is 29.0. The molecule has 2 unspecified atom stereocenters. The molecule has 2 aromatic carbocycles. The number of aliphatic hydroxyl groups excluding tert-OH is 2. The van der Waals surface area contributed by atoms with E-state index in [1.165, 1.54) is 16.6 Å². The first-order valence-electron chi connectivity index (χ1n) is 19.1. The molecule has 4 aromatic heterocycles. The lowest BCUT2D eigenvalue weighted by atomic mass is 10.1. The molecule has 4 N–H and O–H groups in total. The Labute approximate surface area is 347 Å². The van der Waals surface area contributed by atoms with Crippen molar-refractivity contribution in [3.05, 3.63) is 130 Å². The number of fused-ring (bicyclic) bond motifs is 1. The van der Waals surface area contributed by atoms with E-state index in [1.807, 2.05) is 55.7 Å². The molecule has 0 aliphatic carbocycles. The maximum Gasteiger partial charge on any atom is 0.416 e. The van der Waals surface area contributed by atoms with Gasteiger partial charge in [0.1, 0.15) is 12.2 Å². The van der Waals surface area contributed by atoms with Crippen LogP contribution in [-0.4, -0.2) is 115 Å². The smallest absolute Gasteiger partial charge is 0.416 e. The highest BCUT2D eigenvalue weighted by Gasteiger charge is 2.30. The number of hydrogen-bond donors (Lipinski definition) is 4. The highest BCUT2D eigenvalue weighted by Crippen LogP contribution is 2.30. The predicted octanol–water partition coefficient (Wildman–Crippen LogP) is 3.82. The van der Waals surface area contributed by atoms with Crippen LogP contribution in [0.4, 0.5) is 13.2 Å². The van der Waals surface area contributed by atoms with E-state index in [-0.39, 0.29) is 24.6 Å². The van der Waals surface area contributed by atoms with Crippen molar-refractivity contribution in [2.75, 3.05) is 26.2 Å². The summed E-state index contributed by atoms with van der Waals surface area (Å²) in [5, 5.41) is 41.4. The first-order valence-corrected chi connectivity index (χ1v) is 19.1. The SMILES string of the molecule is CCN(CC)CCN(Cc1ccc(-c2ccc(C(F)(F)F)cc2)nc1)C(=O)Cn1cc(Cc2cnn(C)c2)c(=O)n2nc(-c3ccccc3)cc12.O=C(O)C(O)C(O)C(=O)O. The second-order valence-corrected chi connectivity index (χ2v) is 14.0. The molecule has 0 aliphatic rings. The molecule has 322 valence electrons. The molecule has 19 heteroatoms. The van der Waals surface area contributed by atoms with Gasteiger partial charge in [-0.15, -0.1) is 0 Å². The fourth-order valence-electron chi connectivity index (χ4n) is 6.30. The monoisotopic (exact) mass is 846 g/mol. The van der Waals surface area contributed by atoms with E-state index < -0.39 is 35.9 Å². The number of alkyl halides is 3. The van der Waals surface area contributed by atoms with Crippen molar-refractivity contribution in [2.45, 2.75) is 51.7 Å². The molecule has 61 heavy (non-hydrogen) atoms. The van der Waals surface area contributed by atoms with Crippen LogP contribution >= 0.6 is 0 Å². The van der Waals surface area contributed by atoms with E-state index in [4.69, 9.17) is 20.4 Å². The zero-order valence-electron chi connectivity index (χ0n) is 33.5. The summed E-state index contributed by atoms with van der Waals surface area (Å²) in [5.41, 5.74) is 4.16. The molecule has 0 saturated carbocycles. The summed E-state index contributed by atoms with van der Waals surface area (Å²) in [6, 6.07) is 19.8. The van der Waals surface area contributed by atoms with Crippen LogP contribution in [0.5, 0.6) is 0 Å². The average Bonchev–Trinajstić information content (AvgIpc) is 3.89. The number of carboxylic acids is 2. The Hall–Kier alpha value is -6.70. The number of pyridine rings is 1. The van der Waals surface area contributed by atoms with Crippen molar-refractivity contribution >= 4 is 23.5 Å². The largest absolute Gasteiger partial charge is 0.479 e. The van der Waals surface area contributed by atoms with E-state index in [9.17, 15) is 32.3 Å². The van der Waals surface area contributed by atoms with Crippen LogP contribution in [-0.2, 0) is 47.1 Å². The molecule has 1 amide bonds. The minimum absolute atomic E-state index is 0.0426. The average molecular weight is 847 g/mol. The van der Waals surface area contributed by atoms with Crippen molar-refractivity contribution in [1.82, 2.24) is 38.7 Å². The van der Waals surface area contributed by atoms with Crippen molar-refractivity contribution in [3.8, 4) is 22.5 Å². The Morgan fingerprint density at radius 1 is 0.803 bits per heavy atom. The molecule has 0 radical (unpaired) electrons. The fourth-order valence-corrected chi connectivity index (χ4v) is 6.30. The number of likely N-dealkylation sites (N-methyl/N-ethyl adjacent to an activating group) is 1. The minimum atomic E-state index is -4.42. The van der Waals surface area contributed by atoms with Gasteiger partial charge >= 0.3 is 18.1 Å². The molecule has 2 atom stereocenters. The Morgan fingerprint density at radius 3 is 1.98 bits per heavy atom. The fraction of sp³-hybridized carbons (Fsp3) is 0.310. The predicted molar refractivity (Wildman–Crippen MR) is 216 cm³/mol. The molecular weight excluding hydrogens is 802 g/mol. The van der Waals surface area contributed by atoms with Crippen molar-refractivity contribution in [1.29, 1.82) is 0 Å². The third-order valence-electron chi connectivity index (χ3n) is 9.74. The van der Waals surface area contributed by atoms with Crippen LogP contribution in [0.3, 0.4) is 0 Å². The molecule has 6 rings (SSSR count). The van der Waals surface area contributed by atoms with Gasteiger partial charge in [-0.25, -0.2) is 9.59 Å². The summed E-state index contributed by atoms with van der Waals surface area (Å²) in [6.45, 7) is 7.15. The van der Waals surface area contributed by atoms with Crippen molar-refractivity contribution < 1.29 is 48.0 Å². The van der Waals surface area contributed by atoms with E-state index in [0.29, 0.717) is 47.7 Å².